The Hall–Kier alpha value is -7.64. The van der Waals surface area contributed by atoms with E-state index in [0.717, 1.165) is 22.1 Å². The van der Waals surface area contributed by atoms with E-state index in [9.17, 15) is 11.8 Å². The number of nitrogens with zero attached hydrogens (tertiary/aromatic N) is 8. The Morgan fingerprint density at radius 1 is 0.608 bits per heavy atom. The number of ether oxygens (including phenoxy) is 2. The molecular weight excluding hydrogens is 1010 g/mol. The number of fused-ring (bicyclic) bond motifs is 3. The van der Waals surface area contributed by atoms with Gasteiger partial charge in [0.2, 0.25) is 5.70 Å². The maximum atomic E-state index is 11.7. The van der Waals surface area contributed by atoms with Crippen LogP contribution < -0.4 is 31.1 Å². The Bertz CT molecular complexity index is 3960. The van der Waals surface area contributed by atoms with E-state index in [-0.39, 0.29) is 11.3 Å². The first kappa shape index (κ1) is 49.9. The van der Waals surface area contributed by atoms with Crippen molar-refractivity contribution in [1.82, 2.24) is 29.0 Å². The molecule has 0 atom stereocenters. The average molecular weight is 1050 g/mol. The van der Waals surface area contributed by atoms with Crippen molar-refractivity contribution >= 4 is 108 Å². The van der Waals surface area contributed by atoms with E-state index in [4.69, 9.17) is 75.8 Å². The van der Waals surface area contributed by atoms with Crippen molar-refractivity contribution in [3.63, 3.8) is 0 Å². The summed E-state index contributed by atoms with van der Waals surface area (Å²) in [4.78, 5) is 24.2. The summed E-state index contributed by atoms with van der Waals surface area (Å²) in [7, 11) is 1.93. The topological polar surface area (TPSA) is 108 Å². The molecule has 0 saturated heterocycles. The first-order valence-electron chi connectivity index (χ1n) is 23.9. The molecular formula is C59H45BCl4N8O2. The molecule has 0 saturated carbocycles. The maximum absolute atomic E-state index is 11.7. The number of nitriles is 1. The van der Waals surface area contributed by atoms with Gasteiger partial charge in [-0.2, -0.15) is 5.26 Å². The van der Waals surface area contributed by atoms with Gasteiger partial charge in [-0.3, -0.25) is 15.0 Å². The highest BCUT2D eigenvalue weighted by atomic mass is 35.5. The third kappa shape index (κ3) is 9.57. The van der Waals surface area contributed by atoms with Gasteiger partial charge in [0.25, 0.3) is 0 Å². The molecule has 6 aromatic carbocycles. The molecule has 0 aliphatic carbocycles. The number of aromatic nitrogens is 6. The molecule has 364 valence electrons. The van der Waals surface area contributed by atoms with Crippen LogP contribution in [0.1, 0.15) is 39.1 Å². The Labute approximate surface area is 448 Å². The lowest BCUT2D eigenvalue weighted by Gasteiger charge is -2.22. The molecule has 0 aliphatic heterocycles. The Kier molecular flexibility index (Phi) is 14.2. The van der Waals surface area contributed by atoms with E-state index < -0.39 is 6.85 Å². The average Bonchev–Trinajstić information content (AvgIpc) is 3.88. The first-order valence-corrected chi connectivity index (χ1v) is 25.4. The molecule has 0 radical (unpaired) electrons. The molecule has 0 fully saturated rings. The van der Waals surface area contributed by atoms with E-state index in [0.29, 0.717) is 123 Å². The van der Waals surface area contributed by atoms with Gasteiger partial charge in [0, 0.05) is 35.1 Å². The second-order valence-corrected chi connectivity index (χ2v) is 20.4. The van der Waals surface area contributed by atoms with Crippen LogP contribution in [-0.2, 0) is 7.05 Å². The molecule has 10 nitrogen and oxygen atoms in total. The molecule has 0 unspecified atom stereocenters. The highest BCUT2D eigenvalue weighted by Gasteiger charge is 2.34. The lowest BCUT2D eigenvalue weighted by Crippen LogP contribution is -2.53. The van der Waals surface area contributed by atoms with Crippen LogP contribution in [0.2, 0.25) is 20.1 Å². The van der Waals surface area contributed by atoms with E-state index in [1.165, 1.54) is 0 Å². The predicted molar refractivity (Wildman–Crippen MR) is 301 cm³/mol. The summed E-state index contributed by atoms with van der Waals surface area (Å²) in [6.45, 7) is 18.2. The molecule has 0 spiro atoms. The van der Waals surface area contributed by atoms with Crippen molar-refractivity contribution in [2.45, 2.75) is 27.7 Å². The van der Waals surface area contributed by atoms with Crippen molar-refractivity contribution in [3.8, 4) is 40.1 Å². The standard InChI is InChI=1S/C59H45BCl4N8O2/c1-34(2)32-73-40-21-17-36(18-22-40)56-53-54(58(71(56)6)42(29-65)51-30-67-47-25-43(61)45(63)27-49(47)69-51)57(37-19-23-41(24-20-37)74-33-35(3)4)72(60(38-13-9-7-10-14-38)39-15-11-8-12-16-39)59(53)55(66-5)52-31-68-48-26-44(62)46(64)28-50(48)70-52/h7-28,30-31,34-35H,32-33H2,1-4,6H3/b58-42-,59-55+. The van der Waals surface area contributed by atoms with Gasteiger partial charge in [-0.15, -0.1) is 0 Å². The van der Waals surface area contributed by atoms with Crippen molar-refractivity contribution in [2.75, 3.05) is 13.2 Å². The maximum Gasteiger partial charge on any atom is 0.327 e. The molecule has 10 aromatic rings. The molecule has 4 heterocycles. The second-order valence-electron chi connectivity index (χ2n) is 18.7. The minimum Gasteiger partial charge on any atom is -0.493 e. The van der Waals surface area contributed by atoms with E-state index in [1.54, 1.807) is 36.7 Å². The molecule has 4 aromatic heterocycles. The molecule has 0 N–H and O–H groups in total. The zero-order chi connectivity index (χ0) is 51.8. The second kappa shape index (κ2) is 21.1. The zero-order valence-corrected chi connectivity index (χ0v) is 43.9. The summed E-state index contributed by atoms with van der Waals surface area (Å²) in [5.74, 6) is 2.00. The molecule has 0 bridgehead atoms. The summed E-state index contributed by atoms with van der Waals surface area (Å²) in [6, 6.07) is 45.5. The van der Waals surface area contributed by atoms with Gasteiger partial charge in [0.05, 0.1) is 84.9 Å². The monoisotopic (exact) mass is 1050 g/mol. The summed E-state index contributed by atoms with van der Waals surface area (Å²) < 4.78 is 16.7. The SMILES string of the molecule is [C-]#[N+]/C(c1cnc2cc(Cl)c(Cl)cc2n1)=c1\c2c(-c3ccc(OCC(C)C)cc3)n(C)/c(=C(/C#N)c3cnc4cc(Cl)c(Cl)cc4n3)c2c(-c2ccc(OCC(C)C)cc2)n1B(c1ccccc1)c1ccccc1. The zero-order valence-electron chi connectivity index (χ0n) is 40.9. The number of rotatable bonds is 13. The van der Waals surface area contributed by atoms with Crippen molar-refractivity contribution in [3.05, 3.63) is 199 Å². The quantitative estimate of drug-likeness (QED) is 0.0836. The highest BCUT2D eigenvalue weighted by molar-refractivity contribution is 6.84. The fourth-order valence-corrected chi connectivity index (χ4v) is 9.95. The van der Waals surface area contributed by atoms with Gasteiger partial charge in [-0.1, -0.05) is 146 Å². The Balaban J connectivity index is 1.48. The van der Waals surface area contributed by atoms with E-state index in [1.807, 2.05) is 96.5 Å². The van der Waals surface area contributed by atoms with Gasteiger partial charge in [0.15, 0.2) is 0 Å². The van der Waals surface area contributed by atoms with Gasteiger partial charge >= 0.3 is 6.85 Å². The van der Waals surface area contributed by atoms with Crippen LogP contribution in [0.5, 0.6) is 11.5 Å². The van der Waals surface area contributed by atoms with Crippen molar-refractivity contribution in [1.29, 1.82) is 5.26 Å². The Morgan fingerprint density at radius 3 is 1.50 bits per heavy atom. The Morgan fingerprint density at radius 2 is 1.04 bits per heavy atom. The van der Waals surface area contributed by atoms with Gasteiger partial charge in [-0.05, 0) is 95.8 Å². The number of halogens is 4. The fraction of sp³-hybridized carbons (Fsp3) is 0.153. The predicted octanol–water partition coefficient (Wildman–Crippen LogP) is 12.3. The molecule has 0 aliphatic rings. The van der Waals surface area contributed by atoms with Crippen LogP contribution in [0.3, 0.4) is 0 Å². The van der Waals surface area contributed by atoms with Gasteiger partial charge < -0.3 is 18.5 Å². The van der Waals surface area contributed by atoms with E-state index >= 15 is 0 Å². The fourth-order valence-electron chi connectivity index (χ4n) is 9.32. The minimum atomic E-state index is -0.569. The normalized spacial score (nSPS) is 12.3. The van der Waals surface area contributed by atoms with Crippen LogP contribution in [0.4, 0.5) is 0 Å². The van der Waals surface area contributed by atoms with Crippen molar-refractivity contribution in [2.24, 2.45) is 18.9 Å². The smallest absolute Gasteiger partial charge is 0.327 e. The third-order valence-electron chi connectivity index (χ3n) is 12.6. The first-order chi connectivity index (χ1) is 35.8. The molecule has 0 amide bonds. The lowest BCUT2D eigenvalue weighted by molar-refractivity contribution is 0.271. The number of hydrogen-bond donors (Lipinski definition) is 0. The van der Waals surface area contributed by atoms with Gasteiger partial charge in [-0.25, -0.2) is 9.83 Å². The summed E-state index contributed by atoms with van der Waals surface area (Å²) in [6.07, 6.45) is 3.18. The van der Waals surface area contributed by atoms with Crippen LogP contribution in [0.15, 0.2) is 146 Å². The largest absolute Gasteiger partial charge is 0.493 e. The lowest BCUT2D eigenvalue weighted by atomic mass is 9.50. The molecule has 10 rings (SSSR count). The minimum absolute atomic E-state index is 0.196. The summed E-state index contributed by atoms with van der Waals surface area (Å²) >= 11 is 26.1. The highest BCUT2D eigenvalue weighted by Crippen LogP contribution is 2.38. The third-order valence-corrected chi connectivity index (χ3v) is 14.1. The molecule has 15 heteroatoms. The van der Waals surface area contributed by atoms with Crippen LogP contribution >= 0.6 is 46.4 Å². The summed E-state index contributed by atoms with van der Waals surface area (Å²) in [5, 5.41) is 15.3. The van der Waals surface area contributed by atoms with Gasteiger partial charge in [0.1, 0.15) is 28.8 Å². The van der Waals surface area contributed by atoms with E-state index in [2.05, 4.69) is 67.4 Å². The number of benzene rings is 6. The van der Waals surface area contributed by atoms with Crippen LogP contribution in [0.25, 0.3) is 71.5 Å². The van der Waals surface area contributed by atoms with Crippen molar-refractivity contribution < 1.29 is 9.47 Å². The van der Waals surface area contributed by atoms with Crippen LogP contribution in [-0.4, -0.2) is 49.0 Å². The summed E-state index contributed by atoms with van der Waals surface area (Å²) in [5.41, 5.74) is 7.80. The molecule has 74 heavy (non-hydrogen) atoms. The van der Waals surface area contributed by atoms with Crippen LogP contribution in [0, 0.1) is 29.7 Å². The number of hydrogen-bond acceptors (Lipinski definition) is 7.